The second kappa shape index (κ2) is 7.85. The number of rotatable bonds is 5. The van der Waals surface area contributed by atoms with Crippen LogP contribution in [-0.4, -0.2) is 37.5 Å². The van der Waals surface area contributed by atoms with E-state index in [-0.39, 0.29) is 12.1 Å². The number of ether oxygens (including phenoxy) is 3. The van der Waals surface area contributed by atoms with E-state index in [1.807, 2.05) is 42.7 Å². The summed E-state index contributed by atoms with van der Waals surface area (Å²) < 4.78 is 17.4. The molecule has 1 aromatic heterocycles. The fourth-order valence-electron chi connectivity index (χ4n) is 3.59. The molecule has 0 spiro atoms. The van der Waals surface area contributed by atoms with Crippen LogP contribution in [-0.2, 0) is 4.74 Å². The number of nitrogens with one attached hydrogen (secondary N) is 1. The van der Waals surface area contributed by atoms with Gasteiger partial charge in [-0.3, -0.25) is 4.98 Å². The van der Waals surface area contributed by atoms with Crippen LogP contribution in [0.4, 0.5) is 0 Å². The van der Waals surface area contributed by atoms with E-state index in [0.29, 0.717) is 12.5 Å². The van der Waals surface area contributed by atoms with Crippen molar-refractivity contribution < 1.29 is 14.2 Å². The molecule has 1 N–H and O–H groups in total. The minimum Gasteiger partial charge on any atom is -0.486 e. The second-order valence-corrected chi connectivity index (χ2v) is 6.62. The van der Waals surface area contributed by atoms with Crippen molar-refractivity contribution in [3.05, 3.63) is 54.4 Å². The summed E-state index contributed by atoms with van der Waals surface area (Å²) >= 11 is 0. The van der Waals surface area contributed by atoms with Crippen LogP contribution in [0.5, 0.6) is 11.5 Å². The summed E-state index contributed by atoms with van der Waals surface area (Å²) in [7, 11) is 0. The van der Waals surface area contributed by atoms with E-state index in [0.717, 1.165) is 44.1 Å². The highest BCUT2D eigenvalue weighted by molar-refractivity contribution is 5.40. The lowest BCUT2D eigenvalue weighted by Gasteiger charge is -2.33. The maximum Gasteiger partial charge on any atom is 0.161 e. The topological polar surface area (TPSA) is 52.6 Å². The summed E-state index contributed by atoms with van der Waals surface area (Å²) in [6.45, 7) is 2.97. The Balaban J connectivity index is 1.42. The van der Waals surface area contributed by atoms with Gasteiger partial charge in [-0.25, -0.2) is 0 Å². The van der Waals surface area contributed by atoms with Gasteiger partial charge in [0.1, 0.15) is 12.7 Å². The number of aromatic nitrogens is 1. The van der Waals surface area contributed by atoms with Crippen molar-refractivity contribution in [1.29, 1.82) is 0 Å². The SMILES string of the molecule is c1cncc(C(NCC2COc3ccccc3O2)C2CCOCC2)c1. The number of nitrogens with zero attached hydrogens (tertiary/aromatic N) is 1. The van der Waals surface area contributed by atoms with E-state index < -0.39 is 0 Å². The molecule has 2 atom stereocenters. The van der Waals surface area contributed by atoms with Crippen LogP contribution in [0.25, 0.3) is 0 Å². The monoisotopic (exact) mass is 340 g/mol. The third-order valence-corrected chi connectivity index (χ3v) is 4.91. The Hall–Kier alpha value is -2.11. The van der Waals surface area contributed by atoms with Crippen LogP contribution < -0.4 is 14.8 Å². The largest absolute Gasteiger partial charge is 0.486 e. The molecular weight excluding hydrogens is 316 g/mol. The fraction of sp³-hybridized carbons (Fsp3) is 0.450. The molecule has 2 aliphatic rings. The van der Waals surface area contributed by atoms with Crippen LogP contribution in [0.1, 0.15) is 24.4 Å². The molecule has 1 aromatic carbocycles. The zero-order valence-corrected chi connectivity index (χ0v) is 14.3. The van der Waals surface area contributed by atoms with Gasteiger partial charge in [-0.15, -0.1) is 0 Å². The Morgan fingerprint density at radius 1 is 1.08 bits per heavy atom. The van der Waals surface area contributed by atoms with Gasteiger partial charge < -0.3 is 19.5 Å². The first kappa shape index (κ1) is 16.4. The second-order valence-electron chi connectivity index (χ2n) is 6.62. The number of hydrogen-bond acceptors (Lipinski definition) is 5. The Morgan fingerprint density at radius 2 is 1.92 bits per heavy atom. The first-order valence-electron chi connectivity index (χ1n) is 8.99. The number of hydrogen-bond donors (Lipinski definition) is 1. The predicted octanol–water partition coefficient (Wildman–Crippen LogP) is 2.98. The molecule has 0 amide bonds. The molecule has 1 saturated heterocycles. The fourth-order valence-corrected chi connectivity index (χ4v) is 3.59. The van der Waals surface area contributed by atoms with Gasteiger partial charge in [0.15, 0.2) is 11.5 Å². The van der Waals surface area contributed by atoms with Gasteiger partial charge in [-0.05, 0) is 42.5 Å². The average Bonchev–Trinajstić information content (AvgIpc) is 2.70. The molecule has 4 rings (SSSR count). The Kier molecular flexibility index (Phi) is 5.14. The Morgan fingerprint density at radius 3 is 2.72 bits per heavy atom. The highest BCUT2D eigenvalue weighted by Gasteiger charge is 2.28. The summed E-state index contributed by atoms with van der Waals surface area (Å²) in [5, 5.41) is 3.71. The van der Waals surface area contributed by atoms with Gasteiger partial charge in [-0.2, -0.15) is 0 Å². The maximum atomic E-state index is 6.08. The van der Waals surface area contributed by atoms with Crippen LogP contribution >= 0.6 is 0 Å². The van der Waals surface area contributed by atoms with Gasteiger partial charge in [0.25, 0.3) is 0 Å². The highest BCUT2D eigenvalue weighted by atomic mass is 16.6. The first-order chi connectivity index (χ1) is 12.4. The zero-order chi connectivity index (χ0) is 16.9. The molecule has 1 fully saturated rings. The maximum absolute atomic E-state index is 6.08. The minimum atomic E-state index is 0.00825. The molecule has 2 aliphatic heterocycles. The predicted molar refractivity (Wildman–Crippen MR) is 94.9 cm³/mol. The van der Waals surface area contributed by atoms with Gasteiger partial charge in [-0.1, -0.05) is 18.2 Å². The molecule has 0 bridgehead atoms. The van der Waals surface area contributed by atoms with Crippen LogP contribution in [0.15, 0.2) is 48.8 Å². The number of pyridine rings is 1. The molecular formula is C20H24N2O3. The normalized spacial score (nSPS) is 21.7. The van der Waals surface area contributed by atoms with Crippen molar-refractivity contribution in [3.63, 3.8) is 0 Å². The van der Waals surface area contributed by atoms with Gasteiger partial charge in [0.2, 0.25) is 0 Å². The smallest absolute Gasteiger partial charge is 0.161 e. The van der Waals surface area contributed by atoms with E-state index in [1.165, 1.54) is 5.56 Å². The zero-order valence-electron chi connectivity index (χ0n) is 14.3. The van der Waals surface area contributed by atoms with Crippen LogP contribution in [0.3, 0.4) is 0 Å². The number of para-hydroxylation sites is 2. The lowest BCUT2D eigenvalue weighted by Crippen LogP contribution is -2.42. The highest BCUT2D eigenvalue weighted by Crippen LogP contribution is 2.32. The summed E-state index contributed by atoms with van der Waals surface area (Å²) in [5.74, 6) is 2.20. The van der Waals surface area contributed by atoms with Gasteiger partial charge in [0, 0.05) is 38.2 Å². The van der Waals surface area contributed by atoms with E-state index in [1.54, 1.807) is 0 Å². The number of fused-ring (bicyclic) bond motifs is 1. The van der Waals surface area contributed by atoms with E-state index in [2.05, 4.69) is 16.4 Å². The van der Waals surface area contributed by atoms with Crippen molar-refractivity contribution in [1.82, 2.24) is 10.3 Å². The lowest BCUT2D eigenvalue weighted by atomic mass is 9.87. The molecule has 5 nitrogen and oxygen atoms in total. The van der Waals surface area contributed by atoms with E-state index in [9.17, 15) is 0 Å². The van der Waals surface area contributed by atoms with Gasteiger partial charge in [0.05, 0.1) is 0 Å². The third kappa shape index (κ3) is 3.94. The molecule has 0 saturated carbocycles. The van der Waals surface area contributed by atoms with Crippen molar-refractivity contribution in [2.24, 2.45) is 5.92 Å². The molecule has 132 valence electrons. The van der Waals surface area contributed by atoms with Crippen molar-refractivity contribution in [2.45, 2.75) is 25.0 Å². The standard InChI is InChI=1S/C20H24N2O3/c1-2-6-19-18(5-1)24-14-17(25-19)13-22-20(15-7-10-23-11-8-15)16-4-3-9-21-12-16/h1-6,9,12,15,17,20,22H,7-8,10-11,13-14H2. The summed E-state index contributed by atoms with van der Waals surface area (Å²) in [6.07, 6.45) is 5.92. The van der Waals surface area contributed by atoms with Crippen molar-refractivity contribution >= 4 is 0 Å². The Bertz CT molecular complexity index is 674. The number of benzene rings is 1. The van der Waals surface area contributed by atoms with E-state index in [4.69, 9.17) is 14.2 Å². The van der Waals surface area contributed by atoms with Crippen molar-refractivity contribution in [2.75, 3.05) is 26.4 Å². The average molecular weight is 340 g/mol. The van der Waals surface area contributed by atoms with Crippen LogP contribution in [0, 0.1) is 5.92 Å². The van der Waals surface area contributed by atoms with Crippen molar-refractivity contribution in [3.8, 4) is 11.5 Å². The molecule has 2 aromatic rings. The minimum absolute atomic E-state index is 0.00825. The summed E-state index contributed by atoms with van der Waals surface area (Å²) in [6, 6.07) is 12.2. The molecule has 0 radical (unpaired) electrons. The summed E-state index contributed by atoms with van der Waals surface area (Å²) in [4.78, 5) is 4.30. The summed E-state index contributed by atoms with van der Waals surface area (Å²) in [5.41, 5.74) is 1.23. The first-order valence-corrected chi connectivity index (χ1v) is 8.99. The lowest BCUT2D eigenvalue weighted by molar-refractivity contribution is 0.0474. The Labute approximate surface area is 148 Å². The molecule has 0 aliphatic carbocycles. The third-order valence-electron chi connectivity index (χ3n) is 4.91. The van der Waals surface area contributed by atoms with Gasteiger partial charge >= 0.3 is 0 Å². The molecule has 2 unspecified atom stereocenters. The quantitative estimate of drug-likeness (QED) is 0.907. The van der Waals surface area contributed by atoms with Crippen LogP contribution in [0.2, 0.25) is 0 Å². The molecule has 3 heterocycles. The van der Waals surface area contributed by atoms with E-state index >= 15 is 0 Å². The molecule has 5 heteroatoms. The molecule has 25 heavy (non-hydrogen) atoms.